The average Bonchev–Trinajstić information content (AvgIpc) is 3.43. The van der Waals surface area contributed by atoms with Crippen LogP contribution in [0.5, 0.6) is 0 Å². The van der Waals surface area contributed by atoms with Crippen LogP contribution in [0.3, 0.4) is 0 Å². The van der Waals surface area contributed by atoms with Gasteiger partial charge in [-0.05, 0) is 36.2 Å². The molecule has 32 heavy (non-hydrogen) atoms. The molecule has 1 N–H and O–H groups in total. The van der Waals surface area contributed by atoms with Crippen molar-refractivity contribution < 1.29 is 9.90 Å². The highest BCUT2D eigenvalue weighted by molar-refractivity contribution is 7.20. The SMILES string of the molecule is CN(CCO)C(=O)c1sc2ncccc2c1[C@@H]1CCN(Cc2cccc3cccnc23)C1. The Morgan fingerprint density at radius 1 is 1.19 bits per heavy atom. The van der Waals surface area contributed by atoms with Crippen molar-refractivity contribution in [3.05, 3.63) is 70.9 Å². The predicted octanol–water partition coefficient (Wildman–Crippen LogP) is 3.90. The van der Waals surface area contributed by atoms with Crippen LogP contribution >= 0.6 is 11.3 Å². The Labute approximate surface area is 191 Å². The summed E-state index contributed by atoms with van der Waals surface area (Å²) in [6.07, 6.45) is 4.63. The molecular formula is C25H26N4O2S. The van der Waals surface area contributed by atoms with E-state index in [9.17, 15) is 9.90 Å². The third kappa shape index (κ3) is 3.88. The Bertz CT molecular complexity index is 1270. The monoisotopic (exact) mass is 446 g/mol. The standard InChI is InChI=1S/C25H26N4O2S/c1-28(13-14-30)25(31)23-21(20-8-4-11-27-24(20)32-23)18-9-12-29(15-18)16-19-6-2-5-17-7-3-10-26-22(17)19/h2-8,10-11,18,30H,9,12-16H2,1H3/t18-/m1/s1. The molecule has 0 aliphatic carbocycles. The summed E-state index contributed by atoms with van der Waals surface area (Å²) in [5.41, 5.74) is 3.41. The molecule has 4 aromatic rings. The van der Waals surface area contributed by atoms with Gasteiger partial charge in [0.15, 0.2) is 0 Å². The van der Waals surface area contributed by atoms with Crippen molar-refractivity contribution in [1.82, 2.24) is 19.8 Å². The Balaban J connectivity index is 1.44. The number of fused-ring (bicyclic) bond motifs is 2. The first-order chi connectivity index (χ1) is 15.7. The highest BCUT2D eigenvalue weighted by Crippen LogP contribution is 2.40. The molecule has 0 radical (unpaired) electrons. The zero-order valence-electron chi connectivity index (χ0n) is 18.1. The maximum atomic E-state index is 13.2. The lowest BCUT2D eigenvalue weighted by Crippen LogP contribution is -2.29. The zero-order chi connectivity index (χ0) is 22.1. The summed E-state index contributed by atoms with van der Waals surface area (Å²) in [6, 6.07) is 14.4. The van der Waals surface area contributed by atoms with Gasteiger partial charge >= 0.3 is 0 Å². The fourth-order valence-electron chi connectivity index (χ4n) is 4.69. The minimum Gasteiger partial charge on any atom is -0.395 e. The van der Waals surface area contributed by atoms with Crippen LogP contribution in [0, 0.1) is 0 Å². The number of carbonyl (C=O) groups excluding carboxylic acids is 1. The van der Waals surface area contributed by atoms with E-state index in [4.69, 9.17) is 0 Å². The van der Waals surface area contributed by atoms with Crippen molar-refractivity contribution in [2.75, 3.05) is 33.3 Å². The van der Waals surface area contributed by atoms with E-state index in [1.165, 1.54) is 16.9 Å². The molecule has 1 amide bonds. The second-order valence-corrected chi connectivity index (χ2v) is 9.36. The van der Waals surface area contributed by atoms with Gasteiger partial charge in [-0.1, -0.05) is 30.3 Å². The maximum Gasteiger partial charge on any atom is 0.264 e. The summed E-state index contributed by atoms with van der Waals surface area (Å²) < 4.78 is 0. The van der Waals surface area contributed by atoms with Crippen molar-refractivity contribution in [3.63, 3.8) is 0 Å². The number of benzene rings is 1. The number of carbonyl (C=O) groups is 1. The van der Waals surface area contributed by atoms with Gasteiger partial charge in [0.05, 0.1) is 17.0 Å². The van der Waals surface area contributed by atoms with E-state index in [2.05, 4.69) is 45.2 Å². The number of para-hydroxylation sites is 1. The van der Waals surface area contributed by atoms with Gasteiger partial charge in [-0.2, -0.15) is 0 Å². The zero-order valence-corrected chi connectivity index (χ0v) is 18.9. The molecule has 1 atom stereocenters. The summed E-state index contributed by atoms with van der Waals surface area (Å²) in [5, 5.41) is 11.5. The number of hydrogen-bond acceptors (Lipinski definition) is 6. The Morgan fingerprint density at radius 3 is 2.88 bits per heavy atom. The molecule has 1 saturated heterocycles. The molecule has 7 heteroatoms. The van der Waals surface area contributed by atoms with Crippen molar-refractivity contribution in [3.8, 4) is 0 Å². The summed E-state index contributed by atoms with van der Waals surface area (Å²) in [7, 11) is 1.74. The van der Waals surface area contributed by atoms with Crippen molar-refractivity contribution in [2.45, 2.75) is 18.9 Å². The summed E-state index contributed by atoms with van der Waals surface area (Å²) in [5.74, 6) is 0.242. The van der Waals surface area contributed by atoms with Gasteiger partial charge in [0.1, 0.15) is 4.83 Å². The summed E-state index contributed by atoms with van der Waals surface area (Å²) >= 11 is 1.47. The van der Waals surface area contributed by atoms with Crippen LogP contribution in [-0.4, -0.2) is 64.1 Å². The third-order valence-electron chi connectivity index (χ3n) is 6.27. The largest absolute Gasteiger partial charge is 0.395 e. The van der Waals surface area contributed by atoms with E-state index in [-0.39, 0.29) is 18.4 Å². The number of hydrogen-bond donors (Lipinski definition) is 1. The first-order valence-electron chi connectivity index (χ1n) is 10.9. The smallest absolute Gasteiger partial charge is 0.264 e. The molecule has 0 unspecified atom stereocenters. The van der Waals surface area contributed by atoms with Gasteiger partial charge in [-0.15, -0.1) is 11.3 Å². The molecule has 164 valence electrons. The molecule has 1 fully saturated rings. The number of aromatic nitrogens is 2. The lowest BCUT2D eigenvalue weighted by molar-refractivity contribution is 0.0770. The maximum absolute atomic E-state index is 13.2. The number of rotatable bonds is 6. The van der Waals surface area contributed by atoms with Gasteiger partial charge in [0.25, 0.3) is 5.91 Å². The lowest BCUT2D eigenvalue weighted by Gasteiger charge is -2.19. The minimum atomic E-state index is -0.0447. The molecule has 0 saturated carbocycles. The van der Waals surface area contributed by atoms with Gasteiger partial charge in [-0.3, -0.25) is 14.7 Å². The Morgan fingerprint density at radius 2 is 2.00 bits per heavy atom. The second kappa shape index (κ2) is 8.94. The first kappa shape index (κ1) is 21.0. The number of thiophene rings is 1. The van der Waals surface area contributed by atoms with E-state index in [0.717, 1.165) is 57.6 Å². The molecular weight excluding hydrogens is 420 g/mol. The lowest BCUT2D eigenvalue weighted by atomic mass is 9.95. The Kier molecular flexibility index (Phi) is 5.87. The van der Waals surface area contributed by atoms with E-state index in [1.807, 2.05) is 18.3 Å². The predicted molar refractivity (Wildman–Crippen MR) is 128 cm³/mol. The normalized spacial score (nSPS) is 16.8. The van der Waals surface area contributed by atoms with Crippen LogP contribution in [0.2, 0.25) is 0 Å². The van der Waals surface area contributed by atoms with Gasteiger partial charge in [0, 0.05) is 55.8 Å². The topological polar surface area (TPSA) is 69.6 Å². The number of likely N-dealkylation sites (tertiary alicyclic amines) is 1. The summed E-state index contributed by atoms with van der Waals surface area (Å²) in [6.45, 7) is 3.00. The van der Waals surface area contributed by atoms with Crippen LogP contribution in [0.25, 0.3) is 21.1 Å². The van der Waals surface area contributed by atoms with E-state index >= 15 is 0 Å². The molecule has 5 rings (SSSR count). The number of aliphatic hydroxyl groups is 1. The third-order valence-corrected chi connectivity index (χ3v) is 7.39. The number of aliphatic hydroxyl groups excluding tert-OH is 1. The first-order valence-corrected chi connectivity index (χ1v) is 11.8. The average molecular weight is 447 g/mol. The van der Waals surface area contributed by atoms with Gasteiger partial charge < -0.3 is 10.0 Å². The van der Waals surface area contributed by atoms with Crippen LogP contribution in [0.15, 0.2) is 54.9 Å². The number of pyridine rings is 2. The summed E-state index contributed by atoms with van der Waals surface area (Å²) in [4.78, 5) is 28.0. The van der Waals surface area contributed by atoms with E-state index in [1.54, 1.807) is 18.1 Å². The quantitative estimate of drug-likeness (QED) is 0.487. The fraction of sp³-hybridized carbons (Fsp3) is 0.320. The molecule has 6 nitrogen and oxygen atoms in total. The molecule has 1 aromatic carbocycles. The molecule has 0 bridgehead atoms. The van der Waals surface area contributed by atoms with Gasteiger partial charge in [-0.25, -0.2) is 4.98 Å². The number of likely N-dealkylation sites (N-methyl/N-ethyl adjacent to an activating group) is 1. The molecule has 4 heterocycles. The van der Waals surface area contributed by atoms with E-state index < -0.39 is 0 Å². The van der Waals surface area contributed by atoms with Crippen molar-refractivity contribution in [2.24, 2.45) is 0 Å². The van der Waals surface area contributed by atoms with E-state index in [0.29, 0.717) is 6.54 Å². The van der Waals surface area contributed by atoms with Gasteiger partial charge in [0.2, 0.25) is 0 Å². The highest BCUT2D eigenvalue weighted by atomic mass is 32.1. The molecule has 3 aromatic heterocycles. The highest BCUT2D eigenvalue weighted by Gasteiger charge is 2.32. The van der Waals surface area contributed by atoms with Crippen LogP contribution in [0.4, 0.5) is 0 Å². The van der Waals surface area contributed by atoms with Crippen molar-refractivity contribution in [1.29, 1.82) is 0 Å². The van der Waals surface area contributed by atoms with Crippen LogP contribution in [0.1, 0.15) is 33.1 Å². The molecule has 1 aliphatic rings. The number of nitrogens with zero attached hydrogens (tertiary/aromatic N) is 4. The van der Waals surface area contributed by atoms with Crippen LogP contribution < -0.4 is 0 Å². The molecule has 1 aliphatic heterocycles. The second-order valence-electron chi connectivity index (χ2n) is 8.36. The fourth-order valence-corrected chi connectivity index (χ4v) is 5.91. The number of amides is 1. The minimum absolute atomic E-state index is 0.0336. The Hall–Kier alpha value is -2.87. The molecule has 0 spiro atoms. The van der Waals surface area contributed by atoms with Crippen molar-refractivity contribution >= 4 is 38.4 Å². The van der Waals surface area contributed by atoms with Crippen LogP contribution in [-0.2, 0) is 6.54 Å².